The molecule has 8 heteroatoms. The maximum absolute atomic E-state index is 13.6. The summed E-state index contributed by atoms with van der Waals surface area (Å²) in [7, 11) is 0. The van der Waals surface area contributed by atoms with Crippen LogP contribution < -0.4 is 0 Å². The van der Waals surface area contributed by atoms with Gasteiger partial charge in [0.2, 0.25) is 17.6 Å². The number of carbonyl (C=O) groups is 3. The fourth-order valence-corrected chi connectivity index (χ4v) is 5.79. The zero-order valence-electron chi connectivity index (χ0n) is 22.4. The molecule has 0 aliphatic carbocycles. The number of aryl methyl sites for hydroxylation is 1. The molecule has 2 aromatic rings. The van der Waals surface area contributed by atoms with E-state index in [1.165, 1.54) is 5.56 Å². The van der Waals surface area contributed by atoms with Gasteiger partial charge >= 0.3 is 0 Å². The second kappa shape index (κ2) is 13.0. The molecule has 2 aromatic carbocycles. The Morgan fingerprint density at radius 3 is 2.28 bits per heavy atom. The molecule has 0 saturated carbocycles. The van der Waals surface area contributed by atoms with Crippen molar-refractivity contribution in [3.8, 4) is 0 Å². The third-order valence-electron chi connectivity index (χ3n) is 7.83. The molecular weight excluding hydrogens is 494 g/mol. The first-order valence-corrected chi connectivity index (χ1v) is 14.1. The van der Waals surface area contributed by atoms with E-state index in [1.807, 2.05) is 48.5 Å². The summed E-state index contributed by atoms with van der Waals surface area (Å²) in [5.41, 5.74) is 2.65. The Bertz CT molecular complexity index is 1170. The highest BCUT2D eigenvalue weighted by atomic mass is 16.7. The van der Waals surface area contributed by atoms with Crippen LogP contribution in [0.4, 0.5) is 0 Å². The van der Waals surface area contributed by atoms with Crippen LogP contribution in [0.15, 0.2) is 65.8 Å². The van der Waals surface area contributed by atoms with Gasteiger partial charge in [-0.3, -0.25) is 14.4 Å². The number of oxime groups is 1. The zero-order valence-corrected chi connectivity index (χ0v) is 22.4. The lowest BCUT2D eigenvalue weighted by Crippen LogP contribution is -2.51. The summed E-state index contributed by atoms with van der Waals surface area (Å²) >= 11 is 0. The standard InChI is InChI=1S/C31H37N3O5/c35-29(17-7-14-23-10-3-1-4-11-23)33-18-9-16-28(33)31(37)34-19-8-15-27(34)30(36)26-20-25(39-32-26)22-38-21-24-12-5-2-6-13-24/h1-6,10-13,25,27-28H,7-9,14-22H2/t25?,27-,28-/m0/s1. The second-order valence-corrected chi connectivity index (χ2v) is 10.6. The van der Waals surface area contributed by atoms with Crippen molar-refractivity contribution in [2.75, 3.05) is 19.7 Å². The molecule has 0 spiro atoms. The minimum atomic E-state index is -0.542. The summed E-state index contributed by atoms with van der Waals surface area (Å²) in [6, 6.07) is 19.0. The monoisotopic (exact) mass is 531 g/mol. The van der Waals surface area contributed by atoms with E-state index < -0.39 is 12.1 Å². The average Bonchev–Trinajstić information content (AvgIpc) is 3.75. The Morgan fingerprint density at radius 1 is 0.872 bits per heavy atom. The van der Waals surface area contributed by atoms with E-state index in [9.17, 15) is 14.4 Å². The van der Waals surface area contributed by atoms with Crippen molar-refractivity contribution >= 4 is 23.3 Å². The number of hydrogen-bond acceptors (Lipinski definition) is 6. The average molecular weight is 532 g/mol. The van der Waals surface area contributed by atoms with E-state index in [1.54, 1.807) is 9.80 Å². The molecule has 3 aliphatic rings. The lowest BCUT2D eigenvalue weighted by atomic mass is 10.0. The van der Waals surface area contributed by atoms with Crippen LogP contribution in [-0.2, 0) is 37.0 Å². The van der Waals surface area contributed by atoms with Crippen LogP contribution in [0, 0.1) is 0 Å². The number of benzene rings is 2. The molecule has 3 aliphatic heterocycles. The molecule has 39 heavy (non-hydrogen) atoms. The largest absolute Gasteiger partial charge is 0.389 e. The second-order valence-electron chi connectivity index (χ2n) is 10.6. The number of ketones is 1. The van der Waals surface area contributed by atoms with Crippen molar-refractivity contribution in [2.45, 2.75) is 76.2 Å². The number of amides is 2. The number of Topliss-reactive ketones (excluding diaryl/α,β-unsaturated/α-hetero) is 1. The number of carbonyl (C=O) groups excluding carboxylic acids is 3. The minimum Gasteiger partial charge on any atom is -0.389 e. The van der Waals surface area contributed by atoms with Gasteiger partial charge in [-0.15, -0.1) is 0 Å². The smallest absolute Gasteiger partial charge is 0.246 e. The lowest BCUT2D eigenvalue weighted by Gasteiger charge is -2.31. The first-order valence-electron chi connectivity index (χ1n) is 14.1. The molecule has 1 unspecified atom stereocenters. The van der Waals surface area contributed by atoms with Gasteiger partial charge in [-0.05, 0) is 49.7 Å². The van der Waals surface area contributed by atoms with Gasteiger partial charge in [0.05, 0.1) is 19.3 Å². The van der Waals surface area contributed by atoms with Gasteiger partial charge < -0.3 is 19.4 Å². The highest BCUT2D eigenvalue weighted by molar-refractivity contribution is 6.42. The van der Waals surface area contributed by atoms with Gasteiger partial charge in [0.15, 0.2) is 6.10 Å². The minimum absolute atomic E-state index is 0.0239. The number of ether oxygens (including phenoxy) is 1. The van der Waals surface area contributed by atoms with Crippen LogP contribution >= 0.6 is 0 Å². The molecule has 5 rings (SSSR count). The molecule has 0 N–H and O–H groups in total. The van der Waals surface area contributed by atoms with Gasteiger partial charge in [-0.2, -0.15) is 0 Å². The van der Waals surface area contributed by atoms with E-state index in [2.05, 4.69) is 17.3 Å². The number of likely N-dealkylation sites (tertiary alicyclic amines) is 2. The summed E-state index contributed by atoms with van der Waals surface area (Å²) in [5.74, 6) is -0.233. The molecule has 2 fully saturated rings. The maximum Gasteiger partial charge on any atom is 0.246 e. The number of nitrogens with zero attached hydrogens (tertiary/aromatic N) is 3. The van der Waals surface area contributed by atoms with Crippen LogP contribution in [0.2, 0.25) is 0 Å². The van der Waals surface area contributed by atoms with Crippen LogP contribution in [0.25, 0.3) is 0 Å². The van der Waals surface area contributed by atoms with Crippen LogP contribution in [-0.4, -0.2) is 71.0 Å². The molecule has 3 atom stereocenters. The summed E-state index contributed by atoms with van der Waals surface area (Å²) in [6.45, 7) is 1.93. The molecule has 8 nitrogen and oxygen atoms in total. The highest BCUT2D eigenvalue weighted by Gasteiger charge is 2.43. The lowest BCUT2D eigenvalue weighted by molar-refractivity contribution is -0.145. The fraction of sp³-hybridized carbons (Fsp3) is 0.484. The normalized spacial score (nSPS) is 22.6. The Balaban J connectivity index is 1.11. The molecule has 0 radical (unpaired) electrons. The van der Waals surface area contributed by atoms with Crippen LogP contribution in [0.5, 0.6) is 0 Å². The van der Waals surface area contributed by atoms with E-state index in [0.29, 0.717) is 57.7 Å². The molecular formula is C31H37N3O5. The Labute approximate surface area is 229 Å². The maximum atomic E-state index is 13.6. The zero-order chi connectivity index (χ0) is 27.0. The van der Waals surface area contributed by atoms with Crippen molar-refractivity contribution in [3.63, 3.8) is 0 Å². The summed E-state index contributed by atoms with van der Waals surface area (Å²) in [5, 5.41) is 4.07. The Morgan fingerprint density at radius 2 is 1.54 bits per heavy atom. The number of rotatable bonds is 11. The SMILES string of the molecule is O=C(C1=NOC(COCc2ccccc2)C1)[C@@H]1CCCN1C(=O)[C@@H]1CCCN1C(=O)CCCc1ccccc1. The third kappa shape index (κ3) is 6.74. The quantitative estimate of drug-likeness (QED) is 0.439. The molecule has 0 aromatic heterocycles. The van der Waals surface area contributed by atoms with Gasteiger partial charge in [0, 0.05) is 25.9 Å². The highest BCUT2D eigenvalue weighted by Crippen LogP contribution is 2.27. The Kier molecular flexibility index (Phi) is 9.04. The van der Waals surface area contributed by atoms with Crippen LogP contribution in [0.3, 0.4) is 0 Å². The predicted molar refractivity (Wildman–Crippen MR) is 147 cm³/mol. The topological polar surface area (TPSA) is 88.5 Å². The molecule has 2 amide bonds. The van der Waals surface area contributed by atoms with E-state index in [0.717, 1.165) is 31.2 Å². The number of hydrogen-bond donors (Lipinski definition) is 0. The predicted octanol–water partition coefficient (Wildman–Crippen LogP) is 3.92. The van der Waals surface area contributed by atoms with Crippen molar-refractivity contribution in [1.29, 1.82) is 0 Å². The van der Waals surface area contributed by atoms with Gasteiger partial charge in [0.25, 0.3) is 0 Å². The van der Waals surface area contributed by atoms with Gasteiger partial charge in [-0.25, -0.2) is 0 Å². The van der Waals surface area contributed by atoms with E-state index in [-0.39, 0.29) is 23.7 Å². The molecule has 2 saturated heterocycles. The van der Waals surface area contributed by atoms with Crippen molar-refractivity contribution in [3.05, 3.63) is 71.8 Å². The van der Waals surface area contributed by atoms with Crippen molar-refractivity contribution in [1.82, 2.24) is 9.80 Å². The van der Waals surface area contributed by atoms with Crippen molar-refractivity contribution in [2.24, 2.45) is 5.16 Å². The van der Waals surface area contributed by atoms with Crippen LogP contribution in [0.1, 0.15) is 56.1 Å². The first-order chi connectivity index (χ1) is 19.1. The summed E-state index contributed by atoms with van der Waals surface area (Å²) in [6.07, 6.45) is 4.89. The van der Waals surface area contributed by atoms with Gasteiger partial charge in [0.1, 0.15) is 11.8 Å². The van der Waals surface area contributed by atoms with E-state index in [4.69, 9.17) is 9.57 Å². The molecule has 0 bridgehead atoms. The summed E-state index contributed by atoms with van der Waals surface area (Å²) in [4.78, 5) is 49.0. The third-order valence-corrected chi connectivity index (χ3v) is 7.83. The van der Waals surface area contributed by atoms with Crippen molar-refractivity contribution < 1.29 is 24.0 Å². The molecule has 3 heterocycles. The summed E-state index contributed by atoms with van der Waals surface area (Å²) < 4.78 is 5.76. The van der Waals surface area contributed by atoms with E-state index >= 15 is 0 Å². The first kappa shape index (κ1) is 27.1. The fourth-order valence-electron chi connectivity index (χ4n) is 5.79. The van der Waals surface area contributed by atoms with Gasteiger partial charge in [-0.1, -0.05) is 65.8 Å². The Hall–Kier alpha value is -3.52. The molecule has 206 valence electrons.